The van der Waals surface area contributed by atoms with Gasteiger partial charge in [0, 0.05) is 6.54 Å². The Bertz CT molecular complexity index is 344. The van der Waals surface area contributed by atoms with E-state index < -0.39 is 11.1 Å². The monoisotopic (exact) mass is 254 g/mol. The van der Waals surface area contributed by atoms with Crippen LogP contribution < -0.4 is 5.32 Å². The summed E-state index contributed by atoms with van der Waals surface area (Å²) in [6.07, 6.45) is 2.05. The van der Waals surface area contributed by atoms with Crippen molar-refractivity contribution < 1.29 is 9.59 Å². The van der Waals surface area contributed by atoms with Crippen LogP contribution in [-0.2, 0) is 9.59 Å². The van der Waals surface area contributed by atoms with Crippen molar-refractivity contribution in [3.63, 3.8) is 0 Å². The van der Waals surface area contributed by atoms with Crippen molar-refractivity contribution in [2.45, 2.75) is 65.5 Å². The number of carbonyl (C=O) groups excluding carboxylic acids is 2. The number of hydrogen-bond donors (Lipinski definition) is 1. The topological polar surface area (TPSA) is 49.4 Å². The molecule has 0 spiro atoms. The highest BCUT2D eigenvalue weighted by Gasteiger charge is 2.50. The van der Waals surface area contributed by atoms with E-state index in [0.717, 1.165) is 12.8 Å². The van der Waals surface area contributed by atoms with E-state index in [1.54, 1.807) is 18.7 Å². The van der Waals surface area contributed by atoms with Gasteiger partial charge >= 0.3 is 0 Å². The fourth-order valence-electron chi connectivity index (χ4n) is 2.32. The Labute approximate surface area is 110 Å². The largest absolute Gasteiger partial charge is 0.340 e. The van der Waals surface area contributed by atoms with Crippen LogP contribution in [0.1, 0.15) is 54.4 Å². The molecule has 18 heavy (non-hydrogen) atoms. The first-order valence-corrected chi connectivity index (χ1v) is 6.81. The zero-order valence-electron chi connectivity index (χ0n) is 12.5. The molecule has 0 radical (unpaired) electrons. The Morgan fingerprint density at radius 1 is 1.11 bits per heavy atom. The van der Waals surface area contributed by atoms with Crippen LogP contribution in [0.2, 0.25) is 0 Å². The maximum absolute atomic E-state index is 12.5. The second kappa shape index (κ2) is 4.90. The molecule has 0 atom stereocenters. The number of amides is 2. The number of carbonyl (C=O) groups is 2. The lowest BCUT2D eigenvalue weighted by atomic mass is 9.88. The first-order chi connectivity index (χ1) is 8.16. The summed E-state index contributed by atoms with van der Waals surface area (Å²) in [5.74, 6) is 0.395. The highest BCUT2D eigenvalue weighted by Crippen LogP contribution is 2.27. The van der Waals surface area contributed by atoms with Gasteiger partial charge in [0.25, 0.3) is 0 Å². The number of hydrogen-bond acceptors (Lipinski definition) is 2. The van der Waals surface area contributed by atoms with Crippen molar-refractivity contribution in [2.75, 3.05) is 6.54 Å². The molecular weight excluding hydrogens is 228 g/mol. The average molecular weight is 254 g/mol. The third-order valence-corrected chi connectivity index (χ3v) is 4.03. The second-order valence-corrected chi connectivity index (χ2v) is 6.24. The Morgan fingerprint density at radius 3 is 2.06 bits per heavy atom. The number of piperazine rings is 1. The van der Waals surface area contributed by atoms with Crippen LogP contribution in [-0.4, -0.2) is 34.3 Å². The van der Waals surface area contributed by atoms with Gasteiger partial charge in [0.15, 0.2) is 0 Å². The highest BCUT2D eigenvalue weighted by atomic mass is 16.2. The molecule has 0 aliphatic carbocycles. The summed E-state index contributed by atoms with van der Waals surface area (Å²) in [7, 11) is 0. The van der Waals surface area contributed by atoms with Gasteiger partial charge in [-0.05, 0) is 33.6 Å². The van der Waals surface area contributed by atoms with E-state index in [2.05, 4.69) is 19.2 Å². The predicted octanol–water partition coefficient (Wildman–Crippen LogP) is 1.94. The van der Waals surface area contributed by atoms with Crippen LogP contribution >= 0.6 is 0 Å². The molecule has 0 saturated carbocycles. The lowest BCUT2D eigenvalue weighted by Crippen LogP contribution is -2.72. The van der Waals surface area contributed by atoms with Gasteiger partial charge in [-0.2, -0.15) is 0 Å². The molecule has 0 bridgehead atoms. The molecule has 1 aliphatic heterocycles. The van der Waals surface area contributed by atoms with Gasteiger partial charge in [-0.3, -0.25) is 9.59 Å². The number of nitrogens with zero attached hydrogens (tertiary/aromatic N) is 1. The van der Waals surface area contributed by atoms with E-state index in [0.29, 0.717) is 12.5 Å². The van der Waals surface area contributed by atoms with Crippen molar-refractivity contribution in [1.82, 2.24) is 10.2 Å². The summed E-state index contributed by atoms with van der Waals surface area (Å²) in [4.78, 5) is 26.4. The van der Waals surface area contributed by atoms with Gasteiger partial charge < -0.3 is 10.2 Å². The van der Waals surface area contributed by atoms with Crippen molar-refractivity contribution in [3.8, 4) is 0 Å². The van der Waals surface area contributed by atoms with Gasteiger partial charge in [-0.1, -0.05) is 26.7 Å². The minimum absolute atomic E-state index is 0.0130. The smallest absolute Gasteiger partial charge is 0.248 e. The highest BCUT2D eigenvalue weighted by molar-refractivity contribution is 6.01. The standard InChI is InChI=1S/C14H26N2O2/c1-7-10(8-2)9-16-12(18)13(3,4)15-11(17)14(16,5)6/h10H,7-9H2,1-6H3,(H,15,17). The summed E-state index contributed by atoms with van der Waals surface area (Å²) < 4.78 is 0. The predicted molar refractivity (Wildman–Crippen MR) is 72.1 cm³/mol. The zero-order valence-corrected chi connectivity index (χ0v) is 12.5. The molecule has 0 unspecified atom stereocenters. The first-order valence-electron chi connectivity index (χ1n) is 6.81. The van der Waals surface area contributed by atoms with E-state index >= 15 is 0 Å². The lowest BCUT2D eigenvalue weighted by Gasteiger charge is -2.48. The van der Waals surface area contributed by atoms with Crippen molar-refractivity contribution in [1.29, 1.82) is 0 Å². The molecule has 2 amide bonds. The third-order valence-electron chi connectivity index (χ3n) is 4.03. The molecule has 1 rings (SSSR count). The van der Waals surface area contributed by atoms with Crippen LogP contribution in [0.5, 0.6) is 0 Å². The van der Waals surface area contributed by atoms with E-state index in [4.69, 9.17) is 0 Å². The zero-order chi connectivity index (χ0) is 14.1. The Hall–Kier alpha value is -1.06. The molecular formula is C14H26N2O2. The van der Waals surface area contributed by atoms with Gasteiger partial charge in [0.2, 0.25) is 11.8 Å². The first kappa shape index (κ1) is 15.0. The van der Waals surface area contributed by atoms with Crippen molar-refractivity contribution >= 4 is 11.8 Å². The van der Waals surface area contributed by atoms with Crippen LogP contribution in [0.15, 0.2) is 0 Å². The van der Waals surface area contributed by atoms with E-state index in [-0.39, 0.29) is 11.8 Å². The summed E-state index contributed by atoms with van der Waals surface area (Å²) in [6, 6.07) is 0. The molecule has 0 aromatic rings. The van der Waals surface area contributed by atoms with Gasteiger partial charge in [0.05, 0.1) is 0 Å². The Morgan fingerprint density at radius 2 is 1.61 bits per heavy atom. The SMILES string of the molecule is CCC(CC)CN1C(=O)C(C)(C)NC(=O)C1(C)C. The third kappa shape index (κ3) is 2.52. The van der Waals surface area contributed by atoms with Gasteiger partial charge in [-0.25, -0.2) is 0 Å². The normalized spacial score (nSPS) is 22.3. The summed E-state index contributed by atoms with van der Waals surface area (Å²) in [5, 5.41) is 2.80. The molecule has 104 valence electrons. The summed E-state index contributed by atoms with van der Waals surface area (Å²) in [5.41, 5.74) is -1.55. The molecule has 1 saturated heterocycles. The fourth-order valence-corrected chi connectivity index (χ4v) is 2.32. The molecule has 4 heteroatoms. The quantitative estimate of drug-likeness (QED) is 0.833. The Balaban J connectivity index is 3.02. The molecule has 1 fully saturated rings. The molecule has 1 N–H and O–H groups in total. The van der Waals surface area contributed by atoms with Crippen LogP contribution in [0.4, 0.5) is 0 Å². The van der Waals surface area contributed by atoms with Crippen LogP contribution in [0.3, 0.4) is 0 Å². The fraction of sp³-hybridized carbons (Fsp3) is 0.857. The second-order valence-electron chi connectivity index (χ2n) is 6.24. The summed E-state index contributed by atoms with van der Waals surface area (Å²) in [6.45, 7) is 12.1. The molecule has 0 aromatic heterocycles. The maximum Gasteiger partial charge on any atom is 0.248 e. The van der Waals surface area contributed by atoms with Crippen LogP contribution in [0, 0.1) is 5.92 Å². The van der Waals surface area contributed by atoms with Gasteiger partial charge in [-0.15, -0.1) is 0 Å². The minimum atomic E-state index is -0.793. The molecule has 4 nitrogen and oxygen atoms in total. The number of nitrogens with one attached hydrogen (secondary N) is 1. The lowest BCUT2D eigenvalue weighted by molar-refractivity contribution is -0.160. The Kier molecular flexibility index (Phi) is 4.08. The van der Waals surface area contributed by atoms with Gasteiger partial charge in [0.1, 0.15) is 11.1 Å². The number of rotatable bonds is 4. The van der Waals surface area contributed by atoms with E-state index in [1.165, 1.54) is 0 Å². The van der Waals surface area contributed by atoms with Crippen LogP contribution in [0.25, 0.3) is 0 Å². The maximum atomic E-state index is 12.5. The summed E-state index contributed by atoms with van der Waals surface area (Å²) >= 11 is 0. The minimum Gasteiger partial charge on any atom is -0.340 e. The van der Waals surface area contributed by atoms with Crippen molar-refractivity contribution in [2.24, 2.45) is 5.92 Å². The average Bonchev–Trinajstić information content (AvgIpc) is 2.27. The molecule has 0 aromatic carbocycles. The molecule has 1 aliphatic rings. The van der Waals surface area contributed by atoms with Crippen molar-refractivity contribution in [3.05, 3.63) is 0 Å². The van der Waals surface area contributed by atoms with E-state index in [1.807, 2.05) is 13.8 Å². The van der Waals surface area contributed by atoms with E-state index in [9.17, 15) is 9.59 Å². The molecule has 1 heterocycles.